The van der Waals surface area contributed by atoms with Gasteiger partial charge in [0.15, 0.2) is 0 Å². The average Bonchev–Trinajstić information content (AvgIpc) is 2.55. The van der Waals surface area contributed by atoms with E-state index in [0.717, 1.165) is 44.8 Å². The molecule has 1 rings (SSSR count). The van der Waals surface area contributed by atoms with Crippen LogP contribution in [0, 0.1) is 11.3 Å². The maximum Gasteiger partial charge on any atom is 0.133 e. The number of nitrogens with zero attached hydrogens (tertiary/aromatic N) is 2. The van der Waals surface area contributed by atoms with Crippen molar-refractivity contribution in [3.63, 3.8) is 0 Å². The number of benzene rings is 1. The molecule has 0 saturated carbocycles. The first-order valence-corrected chi connectivity index (χ1v) is 7.68. The number of nitriles is 1. The summed E-state index contributed by atoms with van der Waals surface area (Å²) in [6.07, 6.45) is 0.754. The van der Waals surface area contributed by atoms with Crippen molar-refractivity contribution in [2.24, 2.45) is 0 Å². The molecule has 1 unspecified atom stereocenters. The molecule has 0 saturated heterocycles. The van der Waals surface area contributed by atoms with E-state index in [-0.39, 0.29) is 0 Å². The Labute approximate surface area is 128 Å². The molecule has 0 aliphatic rings. The van der Waals surface area contributed by atoms with Gasteiger partial charge in [0.2, 0.25) is 0 Å². The third-order valence-corrected chi connectivity index (χ3v) is 3.89. The first kappa shape index (κ1) is 17.6. The second-order valence-corrected chi connectivity index (χ2v) is 5.01. The van der Waals surface area contributed by atoms with Gasteiger partial charge in [-0.2, -0.15) is 5.26 Å². The Balaban J connectivity index is 2.69. The number of hydrogen-bond donors (Lipinski definition) is 1. The summed E-state index contributed by atoms with van der Waals surface area (Å²) in [5.74, 6) is 0. The molecule has 0 aliphatic carbocycles. The minimum absolute atomic E-state index is 0.625. The largest absolute Gasteiger partial charge is 0.380 e. The summed E-state index contributed by atoms with van der Waals surface area (Å²) in [5.41, 5.74) is 0.399. The van der Waals surface area contributed by atoms with Crippen LogP contribution in [0.5, 0.6) is 0 Å². The Morgan fingerprint density at radius 2 is 1.95 bits per heavy atom. The van der Waals surface area contributed by atoms with Crippen molar-refractivity contribution < 1.29 is 4.74 Å². The monoisotopic (exact) mass is 289 g/mol. The Morgan fingerprint density at radius 1 is 1.24 bits per heavy atom. The quantitative estimate of drug-likeness (QED) is 0.672. The maximum atomic E-state index is 9.67. The molecule has 1 aromatic rings. The van der Waals surface area contributed by atoms with Crippen LogP contribution in [0.2, 0.25) is 0 Å². The van der Waals surface area contributed by atoms with Crippen molar-refractivity contribution in [3.05, 3.63) is 35.9 Å². The lowest BCUT2D eigenvalue weighted by Crippen LogP contribution is -2.42. The molecule has 0 aromatic heterocycles. The summed E-state index contributed by atoms with van der Waals surface area (Å²) in [7, 11) is 1.85. The highest BCUT2D eigenvalue weighted by Crippen LogP contribution is 2.24. The Morgan fingerprint density at radius 3 is 2.48 bits per heavy atom. The van der Waals surface area contributed by atoms with E-state index in [2.05, 4.69) is 23.2 Å². The lowest BCUT2D eigenvalue weighted by molar-refractivity contribution is 0.112. The zero-order valence-corrected chi connectivity index (χ0v) is 13.4. The van der Waals surface area contributed by atoms with Crippen LogP contribution < -0.4 is 5.32 Å². The molecule has 116 valence electrons. The Hall–Kier alpha value is -1.41. The highest BCUT2D eigenvalue weighted by atomic mass is 16.5. The minimum atomic E-state index is -0.625. The molecule has 0 aliphatic heterocycles. The smallest absolute Gasteiger partial charge is 0.133 e. The summed E-state index contributed by atoms with van der Waals surface area (Å²) < 4.78 is 5.41. The number of nitrogens with one attached hydrogen (secondary N) is 1. The topological polar surface area (TPSA) is 48.3 Å². The average molecular weight is 289 g/mol. The van der Waals surface area contributed by atoms with Gasteiger partial charge in [-0.1, -0.05) is 37.3 Å². The van der Waals surface area contributed by atoms with Gasteiger partial charge < -0.3 is 9.64 Å². The molecule has 4 nitrogen and oxygen atoms in total. The molecule has 0 bridgehead atoms. The van der Waals surface area contributed by atoms with Gasteiger partial charge in [0.1, 0.15) is 5.54 Å². The molecule has 0 fully saturated rings. The van der Waals surface area contributed by atoms with Gasteiger partial charge in [0.25, 0.3) is 0 Å². The van der Waals surface area contributed by atoms with Crippen LogP contribution in [0.25, 0.3) is 0 Å². The van der Waals surface area contributed by atoms with Crippen molar-refractivity contribution in [2.45, 2.75) is 25.8 Å². The summed E-state index contributed by atoms with van der Waals surface area (Å²) in [6, 6.07) is 12.4. The molecule has 0 heterocycles. The van der Waals surface area contributed by atoms with E-state index in [9.17, 15) is 5.26 Å². The van der Waals surface area contributed by atoms with Crippen LogP contribution >= 0.6 is 0 Å². The molecule has 0 radical (unpaired) electrons. The molecule has 0 amide bonds. The standard InChI is InChI=1S/C17H27N3O/c1-4-20(13-14-21-5-2)12-11-17(15-18,19-3)16-9-7-6-8-10-16/h6-10,19H,4-5,11-14H2,1-3H3. The van der Waals surface area contributed by atoms with Crippen LogP contribution in [0.1, 0.15) is 25.8 Å². The van der Waals surface area contributed by atoms with Crippen LogP contribution in [0.15, 0.2) is 30.3 Å². The van der Waals surface area contributed by atoms with E-state index in [1.165, 1.54) is 0 Å². The van der Waals surface area contributed by atoms with Gasteiger partial charge in [-0.25, -0.2) is 0 Å². The van der Waals surface area contributed by atoms with E-state index in [4.69, 9.17) is 4.74 Å². The zero-order valence-electron chi connectivity index (χ0n) is 13.4. The highest BCUT2D eigenvalue weighted by Gasteiger charge is 2.30. The fraction of sp³-hybridized carbons (Fsp3) is 0.588. The van der Waals surface area contributed by atoms with E-state index < -0.39 is 5.54 Å². The third kappa shape index (κ3) is 5.13. The molecule has 1 aromatic carbocycles. The van der Waals surface area contributed by atoms with Crippen molar-refractivity contribution in [1.29, 1.82) is 5.26 Å². The van der Waals surface area contributed by atoms with Gasteiger partial charge in [0, 0.05) is 19.7 Å². The van der Waals surface area contributed by atoms with Crippen LogP contribution in [0.4, 0.5) is 0 Å². The van der Waals surface area contributed by atoms with E-state index in [0.29, 0.717) is 0 Å². The summed E-state index contributed by atoms with van der Waals surface area (Å²) in [4.78, 5) is 2.32. The molecular formula is C17H27N3O. The van der Waals surface area contributed by atoms with Crippen LogP contribution in [-0.2, 0) is 10.3 Å². The third-order valence-electron chi connectivity index (χ3n) is 3.89. The van der Waals surface area contributed by atoms with Crippen LogP contribution in [0.3, 0.4) is 0 Å². The molecular weight excluding hydrogens is 262 g/mol. The first-order chi connectivity index (χ1) is 10.2. The van der Waals surface area contributed by atoms with Gasteiger partial charge in [-0.15, -0.1) is 0 Å². The number of ether oxygens (including phenoxy) is 1. The number of likely N-dealkylation sites (N-methyl/N-ethyl adjacent to an activating group) is 1. The zero-order chi connectivity index (χ0) is 15.6. The molecule has 1 atom stereocenters. The normalized spacial score (nSPS) is 13.9. The van der Waals surface area contributed by atoms with Gasteiger partial charge in [0.05, 0.1) is 12.7 Å². The van der Waals surface area contributed by atoms with Gasteiger partial charge in [-0.05, 0) is 32.5 Å². The first-order valence-electron chi connectivity index (χ1n) is 7.68. The molecule has 0 spiro atoms. The molecule has 1 N–H and O–H groups in total. The lowest BCUT2D eigenvalue weighted by atomic mass is 9.88. The SMILES string of the molecule is CCOCCN(CC)CCC(C#N)(NC)c1ccccc1. The molecule has 4 heteroatoms. The fourth-order valence-corrected chi connectivity index (χ4v) is 2.40. The van der Waals surface area contributed by atoms with Crippen molar-refractivity contribution in [1.82, 2.24) is 10.2 Å². The number of hydrogen-bond acceptors (Lipinski definition) is 4. The van der Waals surface area contributed by atoms with Crippen molar-refractivity contribution in [3.8, 4) is 6.07 Å². The summed E-state index contributed by atoms with van der Waals surface area (Å²) in [6.45, 7) is 8.38. The second kappa shape index (κ2) is 9.51. The van der Waals surface area contributed by atoms with Crippen LogP contribution in [-0.4, -0.2) is 44.8 Å². The predicted molar refractivity (Wildman–Crippen MR) is 86.0 cm³/mol. The van der Waals surface area contributed by atoms with E-state index in [1.54, 1.807) is 0 Å². The maximum absolute atomic E-state index is 9.67. The lowest BCUT2D eigenvalue weighted by Gasteiger charge is -2.30. The Kier molecular flexibility index (Phi) is 7.99. The fourth-order valence-electron chi connectivity index (χ4n) is 2.40. The molecule has 21 heavy (non-hydrogen) atoms. The van der Waals surface area contributed by atoms with E-state index in [1.807, 2.05) is 44.3 Å². The van der Waals surface area contributed by atoms with Gasteiger partial charge >= 0.3 is 0 Å². The highest BCUT2D eigenvalue weighted by molar-refractivity contribution is 5.31. The minimum Gasteiger partial charge on any atom is -0.380 e. The van der Waals surface area contributed by atoms with Gasteiger partial charge in [-0.3, -0.25) is 5.32 Å². The van der Waals surface area contributed by atoms with Crippen molar-refractivity contribution in [2.75, 3.05) is 39.9 Å². The Bertz CT molecular complexity index is 429. The second-order valence-electron chi connectivity index (χ2n) is 5.01. The summed E-state index contributed by atoms with van der Waals surface area (Å²) >= 11 is 0. The number of rotatable bonds is 10. The van der Waals surface area contributed by atoms with Crippen molar-refractivity contribution >= 4 is 0 Å². The summed E-state index contributed by atoms with van der Waals surface area (Å²) in [5, 5.41) is 12.9. The predicted octanol–water partition coefficient (Wildman–Crippen LogP) is 2.37. The van der Waals surface area contributed by atoms with E-state index >= 15 is 0 Å².